The average molecular weight is 427 g/mol. The summed E-state index contributed by atoms with van der Waals surface area (Å²) in [6, 6.07) is -1.54. The van der Waals surface area contributed by atoms with Gasteiger partial charge in [-0.25, -0.2) is 4.79 Å². The Hall–Kier alpha value is -2.49. The van der Waals surface area contributed by atoms with Crippen molar-refractivity contribution in [3.05, 3.63) is 0 Å². The van der Waals surface area contributed by atoms with E-state index in [0.29, 0.717) is 24.4 Å². The topological polar surface area (TPSA) is 125 Å². The zero-order valence-corrected chi connectivity index (χ0v) is 17.8. The Morgan fingerprint density at radius 2 is 1.77 bits per heavy atom. The van der Waals surface area contributed by atoms with Crippen LogP contribution in [-0.2, 0) is 28.8 Å². The Bertz CT molecular complexity index is 756. The largest absolute Gasteiger partial charge is 0.355 e. The van der Waals surface area contributed by atoms with Crippen LogP contribution in [0, 0.1) is 5.41 Å². The summed E-state index contributed by atoms with van der Waals surface area (Å²) in [5.41, 5.74) is -0.409. The van der Waals surface area contributed by atoms with Gasteiger partial charge in [0.05, 0.1) is 13.8 Å². The summed E-state index contributed by atoms with van der Waals surface area (Å²) in [7, 11) is 0. The van der Waals surface area contributed by atoms with E-state index >= 15 is 0 Å². The fourth-order valence-electron chi connectivity index (χ4n) is 3.14. The Morgan fingerprint density at radius 3 is 2.40 bits per heavy atom. The van der Waals surface area contributed by atoms with Crippen molar-refractivity contribution in [2.45, 2.75) is 65.3 Å². The van der Waals surface area contributed by atoms with E-state index < -0.39 is 47.6 Å². The van der Waals surface area contributed by atoms with Crippen molar-refractivity contribution < 1.29 is 31.6 Å². The van der Waals surface area contributed by atoms with E-state index in [0.717, 1.165) is 0 Å². The number of nitrogens with one attached hydrogen (secondary N) is 2. The lowest BCUT2D eigenvalue weighted by atomic mass is 9.95. The molecule has 0 bridgehead atoms. The fourth-order valence-corrected chi connectivity index (χ4v) is 3.14. The van der Waals surface area contributed by atoms with Crippen LogP contribution in [0.2, 0.25) is 0 Å². The maximum atomic E-state index is 12.6. The van der Waals surface area contributed by atoms with Gasteiger partial charge in [0.2, 0.25) is 11.8 Å². The number of carbonyl (C=O) groups is 5. The van der Waals surface area contributed by atoms with Crippen molar-refractivity contribution in [1.82, 2.24) is 20.6 Å². The minimum atomic E-state index is -1.54. The predicted octanol–water partition coefficient (Wildman–Crippen LogP) is 0.117. The number of nitrogens with zero attached hydrogens (tertiary/aromatic N) is 2. The molecule has 10 heteroatoms. The molecule has 2 heterocycles. The molecule has 0 saturated carbocycles. The van der Waals surface area contributed by atoms with E-state index in [1.807, 2.05) is 20.8 Å². The zero-order valence-electron chi connectivity index (χ0n) is 19.8. The lowest BCUT2D eigenvalue weighted by molar-refractivity contribution is -0.197. The van der Waals surface area contributed by atoms with E-state index in [9.17, 15) is 24.0 Å². The first-order valence-electron chi connectivity index (χ1n) is 11.2. The van der Waals surface area contributed by atoms with Gasteiger partial charge in [-0.2, -0.15) is 0 Å². The van der Waals surface area contributed by atoms with Crippen molar-refractivity contribution in [2.75, 3.05) is 26.2 Å². The molecular weight excluding hydrogens is 392 g/mol. The van der Waals surface area contributed by atoms with Gasteiger partial charge in [-0.15, -0.1) is 5.06 Å². The predicted molar refractivity (Wildman–Crippen MR) is 106 cm³/mol. The van der Waals surface area contributed by atoms with Gasteiger partial charge in [0.25, 0.3) is 11.8 Å². The first-order chi connectivity index (χ1) is 14.9. The van der Waals surface area contributed by atoms with Gasteiger partial charge in [-0.1, -0.05) is 20.8 Å². The molecule has 0 radical (unpaired) electrons. The van der Waals surface area contributed by atoms with Crippen LogP contribution in [0.5, 0.6) is 0 Å². The SMILES string of the molecule is [2H]C(N1CCCC1([2H])C(=O)NCCC(=O)NCCC(=O)ON1C(=O)CCC1=O)C(C)(C)C. The summed E-state index contributed by atoms with van der Waals surface area (Å²) in [5.74, 6) is -2.91. The van der Waals surface area contributed by atoms with E-state index in [2.05, 4.69) is 10.6 Å². The maximum absolute atomic E-state index is 12.6. The van der Waals surface area contributed by atoms with Gasteiger partial charge in [0.15, 0.2) is 0 Å². The molecule has 0 aromatic heterocycles. The summed E-state index contributed by atoms with van der Waals surface area (Å²) in [6.07, 6.45) is 0.699. The normalized spacial score (nSPS) is 24.3. The number of rotatable bonds is 9. The third kappa shape index (κ3) is 7.40. The molecule has 2 rings (SSSR count). The van der Waals surface area contributed by atoms with Crippen molar-refractivity contribution in [1.29, 1.82) is 0 Å². The molecule has 30 heavy (non-hydrogen) atoms. The highest BCUT2D eigenvalue weighted by molar-refractivity contribution is 6.01. The molecule has 2 N–H and O–H groups in total. The molecule has 4 amide bonds. The molecule has 10 nitrogen and oxygen atoms in total. The maximum Gasteiger partial charge on any atom is 0.334 e. The van der Waals surface area contributed by atoms with Crippen molar-refractivity contribution in [2.24, 2.45) is 5.41 Å². The lowest BCUT2D eigenvalue weighted by Gasteiger charge is -2.30. The number of likely N-dealkylation sites (tertiary alicyclic amines) is 1. The van der Waals surface area contributed by atoms with Gasteiger partial charge < -0.3 is 15.5 Å². The molecule has 2 atom stereocenters. The van der Waals surface area contributed by atoms with Crippen LogP contribution in [-0.4, -0.2) is 71.7 Å². The van der Waals surface area contributed by atoms with Crippen LogP contribution in [0.4, 0.5) is 0 Å². The quantitative estimate of drug-likeness (QED) is 0.502. The Kier molecular flexibility index (Phi) is 7.28. The highest BCUT2D eigenvalue weighted by Gasteiger charge is 2.33. The number of imide groups is 1. The second-order valence-electron chi connectivity index (χ2n) is 8.39. The number of carbonyl (C=O) groups excluding carboxylic acids is 5. The van der Waals surface area contributed by atoms with Gasteiger partial charge >= 0.3 is 5.97 Å². The Morgan fingerprint density at radius 1 is 1.13 bits per heavy atom. The Balaban J connectivity index is 1.70. The number of hydrogen-bond acceptors (Lipinski definition) is 7. The van der Waals surface area contributed by atoms with E-state index in [1.54, 1.807) is 4.90 Å². The van der Waals surface area contributed by atoms with Crippen LogP contribution < -0.4 is 10.6 Å². The van der Waals surface area contributed by atoms with E-state index in [-0.39, 0.29) is 38.8 Å². The first kappa shape index (κ1) is 20.8. The number of hydroxylamine groups is 2. The zero-order chi connectivity index (χ0) is 24.1. The van der Waals surface area contributed by atoms with Crippen molar-refractivity contribution in [3.63, 3.8) is 0 Å². The third-order valence-corrected chi connectivity index (χ3v) is 4.45. The summed E-state index contributed by atoms with van der Waals surface area (Å²) in [5, 5.41) is 5.55. The fraction of sp³-hybridized carbons (Fsp3) is 0.750. The van der Waals surface area contributed by atoms with Crippen LogP contribution in [0.3, 0.4) is 0 Å². The van der Waals surface area contributed by atoms with E-state index in [1.165, 1.54) is 0 Å². The third-order valence-electron chi connectivity index (χ3n) is 4.45. The first-order valence-corrected chi connectivity index (χ1v) is 10.2. The molecule has 0 aliphatic carbocycles. The standard InChI is InChI=1S/C20H32N4O6/c1-20(2,3)13-23-12-4-5-14(23)19(29)22-10-8-15(25)21-11-9-18(28)30-24-16(26)6-7-17(24)27/h14H,4-13H2,1-3H3,(H,21,25)(H,22,29)/i13D,14D. The molecular formula is C20H32N4O6. The summed E-state index contributed by atoms with van der Waals surface area (Å²) in [4.78, 5) is 65.3. The Labute approximate surface area is 179 Å². The summed E-state index contributed by atoms with van der Waals surface area (Å²) >= 11 is 0. The van der Waals surface area contributed by atoms with E-state index in [4.69, 9.17) is 7.58 Å². The van der Waals surface area contributed by atoms with Crippen LogP contribution in [0.15, 0.2) is 0 Å². The highest BCUT2D eigenvalue weighted by Crippen LogP contribution is 2.23. The second-order valence-corrected chi connectivity index (χ2v) is 8.39. The van der Waals surface area contributed by atoms with Gasteiger partial charge in [-0.05, 0) is 24.8 Å². The minimum absolute atomic E-state index is 0.00455. The second kappa shape index (κ2) is 10.5. The molecule has 2 fully saturated rings. The summed E-state index contributed by atoms with van der Waals surface area (Å²) in [6.45, 7) is 5.42. The van der Waals surface area contributed by atoms with Gasteiger partial charge in [-0.3, -0.25) is 24.1 Å². The number of hydrogen-bond donors (Lipinski definition) is 2. The molecule has 2 unspecified atom stereocenters. The number of amides is 4. The lowest BCUT2D eigenvalue weighted by Crippen LogP contribution is -2.46. The van der Waals surface area contributed by atoms with Crippen LogP contribution >= 0.6 is 0 Å². The molecule has 2 aliphatic heterocycles. The highest BCUT2D eigenvalue weighted by atomic mass is 16.7. The monoisotopic (exact) mass is 426 g/mol. The molecule has 0 aromatic rings. The van der Waals surface area contributed by atoms with Crippen LogP contribution in [0.25, 0.3) is 0 Å². The van der Waals surface area contributed by atoms with Crippen molar-refractivity contribution in [3.8, 4) is 0 Å². The molecule has 0 spiro atoms. The van der Waals surface area contributed by atoms with Crippen molar-refractivity contribution >= 4 is 29.6 Å². The summed E-state index contributed by atoms with van der Waals surface area (Å²) < 4.78 is 17.0. The molecule has 168 valence electrons. The molecule has 2 saturated heterocycles. The minimum Gasteiger partial charge on any atom is -0.355 e. The average Bonchev–Trinajstić information content (AvgIpc) is 3.24. The molecule has 0 aromatic carbocycles. The smallest absolute Gasteiger partial charge is 0.334 e. The van der Waals surface area contributed by atoms with Gasteiger partial charge in [0.1, 0.15) is 0 Å². The molecule has 2 aliphatic rings. The van der Waals surface area contributed by atoms with Gasteiger partial charge in [0, 0.05) is 40.2 Å². The van der Waals surface area contributed by atoms with Crippen LogP contribution in [0.1, 0.15) is 62.0 Å².